The SMILES string of the molecule is O=C1CC(Cc2ccccc2)Sc2ccccc2N1. The van der Waals surface area contributed by atoms with E-state index in [4.69, 9.17) is 0 Å². The molecule has 0 fully saturated rings. The van der Waals surface area contributed by atoms with Gasteiger partial charge in [0.15, 0.2) is 0 Å². The molecule has 0 saturated heterocycles. The lowest BCUT2D eigenvalue weighted by molar-refractivity contribution is -0.116. The largest absolute Gasteiger partial charge is 0.325 e. The Morgan fingerprint density at radius 1 is 1.05 bits per heavy atom. The Kier molecular flexibility index (Phi) is 3.56. The fraction of sp³-hybridized carbons (Fsp3) is 0.188. The van der Waals surface area contributed by atoms with E-state index in [1.807, 2.05) is 36.4 Å². The van der Waals surface area contributed by atoms with Crippen LogP contribution in [0.5, 0.6) is 0 Å². The molecule has 3 rings (SSSR count). The van der Waals surface area contributed by atoms with Gasteiger partial charge in [-0.3, -0.25) is 4.79 Å². The van der Waals surface area contributed by atoms with Crippen molar-refractivity contribution in [2.24, 2.45) is 0 Å². The quantitative estimate of drug-likeness (QED) is 0.900. The molecule has 3 heteroatoms. The summed E-state index contributed by atoms with van der Waals surface area (Å²) in [5.41, 5.74) is 2.22. The summed E-state index contributed by atoms with van der Waals surface area (Å²) in [5.74, 6) is 0.110. The molecule has 1 heterocycles. The highest BCUT2D eigenvalue weighted by molar-refractivity contribution is 8.00. The molecule has 1 amide bonds. The van der Waals surface area contributed by atoms with Gasteiger partial charge in [-0.1, -0.05) is 42.5 Å². The number of fused-ring (bicyclic) bond motifs is 1. The molecule has 0 bridgehead atoms. The van der Waals surface area contributed by atoms with E-state index in [1.165, 1.54) is 5.56 Å². The number of nitrogens with one attached hydrogen (secondary N) is 1. The summed E-state index contributed by atoms with van der Waals surface area (Å²) in [5, 5.41) is 3.28. The summed E-state index contributed by atoms with van der Waals surface area (Å²) in [7, 11) is 0. The van der Waals surface area contributed by atoms with Crippen molar-refractivity contribution in [3.8, 4) is 0 Å². The van der Waals surface area contributed by atoms with Crippen LogP contribution in [0.4, 0.5) is 5.69 Å². The molecule has 1 N–H and O–H groups in total. The summed E-state index contributed by atoms with van der Waals surface area (Å²) >= 11 is 1.79. The summed E-state index contributed by atoms with van der Waals surface area (Å²) in [6.45, 7) is 0. The van der Waals surface area contributed by atoms with Crippen LogP contribution in [0.25, 0.3) is 0 Å². The second-order valence-corrected chi connectivity index (χ2v) is 6.02. The molecule has 0 aliphatic carbocycles. The minimum absolute atomic E-state index is 0.110. The number of benzene rings is 2. The van der Waals surface area contributed by atoms with E-state index in [-0.39, 0.29) is 5.91 Å². The minimum Gasteiger partial charge on any atom is -0.325 e. The molecule has 0 saturated carbocycles. The maximum absolute atomic E-state index is 11.9. The standard InChI is InChI=1S/C16H15NOS/c18-16-11-13(10-12-6-2-1-3-7-12)19-15-9-5-4-8-14(15)17-16/h1-9,13H,10-11H2,(H,17,18). The maximum Gasteiger partial charge on any atom is 0.225 e. The molecular formula is C16H15NOS. The zero-order valence-electron chi connectivity index (χ0n) is 10.5. The van der Waals surface area contributed by atoms with Crippen molar-refractivity contribution in [1.29, 1.82) is 0 Å². The minimum atomic E-state index is 0.110. The highest BCUT2D eigenvalue weighted by Gasteiger charge is 2.21. The number of para-hydroxylation sites is 1. The van der Waals surface area contributed by atoms with E-state index < -0.39 is 0 Å². The van der Waals surface area contributed by atoms with Crippen LogP contribution in [-0.2, 0) is 11.2 Å². The number of anilines is 1. The van der Waals surface area contributed by atoms with Crippen molar-refractivity contribution >= 4 is 23.4 Å². The Morgan fingerprint density at radius 2 is 1.79 bits per heavy atom. The molecule has 2 aromatic rings. The number of hydrogen-bond donors (Lipinski definition) is 1. The number of thioether (sulfide) groups is 1. The summed E-state index contributed by atoms with van der Waals surface area (Å²) in [6, 6.07) is 18.4. The fourth-order valence-electron chi connectivity index (χ4n) is 2.29. The maximum atomic E-state index is 11.9. The van der Waals surface area contributed by atoms with Gasteiger partial charge < -0.3 is 5.32 Å². The number of amides is 1. The monoisotopic (exact) mass is 269 g/mol. The normalized spacial score (nSPS) is 18.3. The Labute approximate surface area is 117 Å². The van der Waals surface area contributed by atoms with Crippen molar-refractivity contribution in [3.63, 3.8) is 0 Å². The van der Waals surface area contributed by atoms with Gasteiger partial charge in [0.1, 0.15) is 0 Å². The Balaban J connectivity index is 1.82. The lowest BCUT2D eigenvalue weighted by Gasteiger charge is -2.12. The first-order chi connectivity index (χ1) is 9.31. The highest BCUT2D eigenvalue weighted by atomic mass is 32.2. The third-order valence-corrected chi connectivity index (χ3v) is 4.45. The number of hydrogen-bond acceptors (Lipinski definition) is 2. The van der Waals surface area contributed by atoms with Crippen molar-refractivity contribution in [1.82, 2.24) is 0 Å². The van der Waals surface area contributed by atoms with Crippen LogP contribution in [0.2, 0.25) is 0 Å². The van der Waals surface area contributed by atoms with E-state index in [9.17, 15) is 4.79 Å². The zero-order valence-corrected chi connectivity index (χ0v) is 11.3. The second-order valence-electron chi connectivity index (χ2n) is 4.68. The predicted octanol–water partition coefficient (Wildman–Crippen LogP) is 3.73. The van der Waals surface area contributed by atoms with E-state index in [0.717, 1.165) is 17.0 Å². The number of carbonyl (C=O) groups excluding carboxylic acids is 1. The molecule has 1 atom stereocenters. The van der Waals surface area contributed by atoms with Gasteiger partial charge in [0.25, 0.3) is 0 Å². The van der Waals surface area contributed by atoms with Gasteiger partial charge in [0, 0.05) is 16.6 Å². The van der Waals surface area contributed by atoms with Crippen molar-refractivity contribution < 1.29 is 4.79 Å². The van der Waals surface area contributed by atoms with Crippen LogP contribution in [0.3, 0.4) is 0 Å². The first-order valence-electron chi connectivity index (χ1n) is 6.41. The average molecular weight is 269 g/mol. The van der Waals surface area contributed by atoms with Crippen LogP contribution in [-0.4, -0.2) is 11.2 Å². The smallest absolute Gasteiger partial charge is 0.225 e. The zero-order chi connectivity index (χ0) is 13.1. The molecule has 0 aromatic heterocycles. The second kappa shape index (κ2) is 5.49. The van der Waals surface area contributed by atoms with Crippen LogP contribution >= 0.6 is 11.8 Å². The van der Waals surface area contributed by atoms with Crippen molar-refractivity contribution in [3.05, 3.63) is 60.2 Å². The molecule has 19 heavy (non-hydrogen) atoms. The predicted molar refractivity (Wildman–Crippen MR) is 79.5 cm³/mol. The van der Waals surface area contributed by atoms with Gasteiger partial charge >= 0.3 is 0 Å². The van der Waals surface area contributed by atoms with Gasteiger partial charge in [0.2, 0.25) is 5.91 Å². The van der Waals surface area contributed by atoms with Crippen LogP contribution in [0.1, 0.15) is 12.0 Å². The average Bonchev–Trinajstić information content (AvgIpc) is 2.57. The van der Waals surface area contributed by atoms with E-state index in [2.05, 4.69) is 23.5 Å². The van der Waals surface area contributed by atoms with Gasteiger partial charge in [-0.2, -0.15) is 0 Å². The van der Waals surface area contributed by atoms with Crippen LogP contribution in [0, 0.1) is 0 Å². The lowest BCUT2D eigenvalue weighted by Crippen LogP contribution is -2.16. The summed E-state index contributed by atoms with van der Waals surface area (Å²) < 4.78 is 0. The molecular weight excluding hydrogens is 254 g/mol. The summed E-state index contributed by atoms with van der Waals surface area (Å²) in [4.78, 5) is 13.1. The summed E-state index contributed by atoms with van der Waals surface area (Å²) in [6.07, 6.45) is 1.49. The van der Waals surface area contributed by atoms with E-state index in [0.29, 0.717) is 11.7 Å². The number of rotatable bonds is 2. The highest BCUT2D eigenvalue weighted by Crippen LogP contribution is 2.36. The van der Waals surface area contributed by atoms with Crippen molar-refractivity contribution in [2.75, 3.05) is 5.32 Å². The molecule has 1 unspecified atom stereocenters. The van der Waals surface area contributed by atoms with E-state index >= 15 is 0 Å². The molecule has 2 aromatic carbocycles. The molecule has 0 radical (unpaired) electrons. The Morgan fingerprint density at radius 3 is 2.63 bits per heavy atom. The topological polar surface area (TPSA) is 29.1 Å². The first kappa shape index (κ1) is 12.3. The molecule has 1 aliphatic heterocycles. The number of carbonyl (C=O) groups is 1. The van der Waals surface area contributed by atoms with Gasteiger partial charge in [-0.15, -0.1) is 11.8 Å². The van der Waals surface area contributed by atoms with Gasteiger partial charge in [0.05, 0.1) is 5.69 Å². The molecule has 0 spiro atoms. The fourth-order valence-corrected chi connectivity index (χ4v) is 3.57. The van der Waals surface area contributed by atoms with Crippen LogP contribution in [0.15, 0.2) is 59.5 Å². The Bertz CT molecular complexity index is 582. The molecule has 1 aliphatic rings. The molecule has 96 valence electrons. The third kappa shape index (κ3) is 2.99. The van der Waals surface area contributed by atoms with Crippen molar-refractivity contribution in [2.45, 2.75) is 23.0 Å². The van der Waals surface area contributed by atoms with Crippen LogP contribution < -0.4 is 5.32 Å². The Hall–Kier alpha value is -1.74. The van der Waals surface area contributed by atoms with Gasteiger partial charge in [-0.25, -0.2) is 0 Å². The first-order valence-corrected chi connectivity index (χ1v) is 7.29. The van der Waals surface area contributed by atoms with E-state index in [1.54, 1.807) is 11.8 Å². The van der Waals surface area contributed by atoms with Gasteiger partial charge in [-0.05, 0) is 24.1 Å². The third-order valence-electron chi connectivity index (χ3n) is 3.17. The molecule has 2 nitrogen and oxygen atoms in total. The lowest BCUT2D eigenvalue weighted by atomic mass is 10.1.